The molecule has 45 heavy (non-hydrogen) atoms. The van der Waals surface area contributed by atoms with Crippen LogP contribution in [0.2, 0.25) is 18.1 Å². The minimum absolute atomic E-state index is 0.143. The highest BCUT2D eigenvalue weighted by Crippen LogP contribution is 2.48. The van der Waals surface area contributed by atoms with E-state index >= 15 is 0 Å². The van der Waals surface area contributed by atoms with E-state index in [1.807, 2.05) is 0 Å². The first-order valence-electron chi connectivity index (χ1n) is 16.9. The molecule has 4 aliphatic rings. The molecule has 0 unspecified atom stereocenters. The van der Waals surface area contributed by atoms with Gasteiger partial charge >= 0.3 is 0 Å². The Bertz CT molecular complexity index is 1630. The lowest BCUT2D eigenvalue weighted by Crippen LogP contribution is -2.42. The van der Waals surface area contributed by atoms with Gasteiger partial charge in [-0.25, -0.2) is 14.6 Å². The van der Waals surface area contributed by atoms with E-state index in [4.69, 9.17) is 24.0 Å². The molecule has 1 spiro atoms. The zero-order chi connectivity index (χ0) is 31.9. The lowest BCUT2D eigenvalue weighted by Gasteiger charge is -2.36. The van der Waals surface area contributed by atoms with Crippen molar-refractivity contribution in [2.75, 3.05) is 18.9 Å². The van der Waals surface area contributed by atoms with E-state index in [-0.39, 0.29) is 23.2 Å². The molecule has 3 fully saturated rings. The van der Waals surface area contributed by atoms with Crippen molar-refractivity contribution in [3.63, 3.8) is 0 Å². The van der Waals surface area contributed by atoms with Crippen LogP contribution in [0.3, 0.4) is 0 Å². The van der Waals surface area contributed by atoms with Crippen molar-refractivity contribution in [2.24, 2.45) is 0 Å². The number of hydrogen-bond acceptors (Lipinski definition) is 9. The largest absolute Gasteiger partial charge is 0.412 e. The monoisotopic (exact) mass is 745 g/mol. The van der Waals surface area contributed by atoms with Crippen molar-refractivity contribution in [1.29, 1.82) is 0 Å². The zero-order valence-corrected chi connectivity index (χ0v) is 31.0. The molecule has 0 amide bonds. The summed E-state index contributed by atoms with van der Waals surface area (Å²) >= 11 is 2.34. The molecule has 3 aromatic rings. The Kier molecular flexibility index (Phi) is 8.00. The number of nitrogens with one attached hydrogen (secondary N) is 1. The molecule has 1 N–H and O–H groups in total. The molecular formula is C33H48IN7O3Si. The van der Waals surface area contributed by atoms with Crippen LogP contribution in [-0.2, 0) is 21.1 Å². The van der Waals surface area contributed by atoms with Gasteiger partial charge in [-0.3, -0.25) is 4.79 Å². The van der Waals surface area contributed by atoms with Gasteiger partial charge < -0.3 is 19.2 Å². The molecule has 0 aromatic carbocycles. The SMILES string of the molecule is C[C@@H]([C@@H]1CCCN1C)n1nc(I)c2c(N[C@H]3C[C@@H]3O[Si](C)(C)C(C)(C)C)nc(-c3noc4c3CCC[C@@]43CCCCC3=O)nc21. The van der Waals surface area contributed by atoms with Crippen molar-refractivity contribution in [3.8, 4) is 11.5 Å². The third-order valence-corrected chi connectivity index (χ3v) is 16.9. The summed E-state index contributed by atoms with van der Waals surface area (Å²) in [5.41, 5.74) is 1.96. The maximum Gasteiger partial charge on any atom is 0.192 e. The van der Waals surface area contributed by atoms with Crippen LogP contribution in [-0.4, -0.2) is 75.7 Å². The highest BCUT2D eigenvalue weighted by Gasteiger charge is 2.49. The molecule has 3 aromatic heterocycles. The summed E-state index contributed by atoms with van der Waals surface area (Å²) in [6.45, 7) is 14.8. The van der Waals surface area contributed by atoms with Gasteiger partial charge in [-0.1, -0.05) is 32.3 Å². The Morgan fingerprint density at radius 3 is 2.62 bits per heavy atom. The molecule has 5 atom stereocenters. The van der Waals surface area contributed by atoms with E-state index in [9.17, 15) is 4.79 Å². The van der Waals surface area contributed by atoms with Crippen LogP contribution >= 0.6 is 22.6 Å². The minimum atomic E-state index is -1.90. The van der Waals surface area contributed by atoms with Gasteiger partial charge in [0.2, 0.25) is 0 Å². The zero-order valence-electron chi connectivity index (χ0n) is 27.9. The number of carbonyl (C=O) groups excluding carboxylic acids is 1. The van der Waals surface area contributed by atoms with Crippen LogP contribution in [0.15, 0.2) is 4.52 Å². The quantitative estimate of drug-likeness (QED) is 0.201. The number of carbonyl (C=O) groups is 1. The van der Waals surface area contributed by atoms with Crippen LogP contribution in [0.4, 0.5) is 5.82 Å². The van der Waals surface area contributed by atoms with E-state index < -0.39 is 13.7 Å². The first-order valence-corrected chi connectivity index (χ1v) is 20.9. The van der Waals surface area contributed by atoms with E-state index in [0.717, 1.165) is 89.8 Å². The summed E-state index contributed by atoms with van der Waals surface area (Å²) in [6.07, 6.45) is 9.51. The van der Waals surface area contributed by atoms with E-state index in [0.29, 0.717) is 29.8 Å². The summed E-state index contributed by atoms with van der Waals surface area (Å²) in [5.74, 6) is 2.39. The van der Waals surface area contributed by atoms with Crippen LogP contribution < -0.4 is 5.32 Å². The van der Waals surface area contributed by atoms with Crippen molar-refractivity contribution in [1.82, 2.24) is 29.8 Å². The van der Waals surface area contributed by atoms with Crippen molar-refractivity contribution in [3.05, 3.63) is 15.0 Å². The Morgan fingerprint density at radius 1 is 1.13 bits per heavy atom. The second-order valence-corrected chi connectivity index (χ2v) is 21.3. The van der Waals surface area contributed by atoms with Crippen LogP contribution in [0, 0.1) is 3.70 Å². The lowest BCUT2D eigenvalue weighted by atomic mass is 9.64. The summed E-state index contributed by atoms with van der Waals surface area (Å²) in [4.78, 5) is 26.2. The van der Waals surface area contributed by atoms with Gasteiger partial charge in [0.05, 0.1) is 29.0 Å². The fourth-order valence-corrected chi connectivity index (χ4v) is 9.85. The molecule has 1 saturated heterocycles. The molecule has 10 nitrogen and oxygen atoms in total. The number of hydrogen-bond donors (Lipinski definition) is 1. The number of aromatic nitrogens is 5. The minimum Gasteiger partial charge on any atom is -0.412 e. The number of likely N-dealkylation sites (tertiary alicyclic amines) is 1. The number of ketones is 1. The Labute approximate surface area is 281 Å². The number of fused-ring (bicyclic) bond motifs is 3. The average molecular weight is 746 g/mol. The predicted octanol–water partition coefficient (Wildman–Crippen LogP) is 7.03. The Balaban J connectivity index is 1.30. The third kappa shape index (κ3) is 5.39. The van der Waals surface area contributed by atoms with Crippen molar-refractivity contribution in [2.45, 2.75) is 140 Å². The van der Waals surface area contributed by atoms with Crippen LogP contribution in [0.5, 0.6) is 0 Å². The molecule has 0 radical (unpaired) electrons. The number of rotatable bonds is 7. The number of anilines is 1. The summed E-state index contributed by atoms with van der Waals surface area (Å²) < 4.78 is 15.9. The van der Waals surface area contributed by atoms with Gasteiger partial charge in [0.25, 0.3) is 0 Å². The van der Waals surface area contributed by atoms with Gasteiger partial charge in [-0.2, -0.15) is 5.10 Å². The third-order valence-electron chi connectivity index (χ3n) is 11.6. The normalized spacial score (nSPS) is 28.2. The van der Waals surface area contributed by atoms with Gasteiger partial charge in [0, 0.05) is 18.0 Å². The van der Waals surface area contributed by atoms with E-state index in [1.54, 1.807) is 0 Å². The van der Waals surface area contributed by atoms with Crippen LogP contribution in [0.1, 0.15) is 103 Å². The number of halogens is 1. The Hall–Kier alpha value is -1.90. The molecule has 2 saturated carbocycles. The fourth-order valence-electron chi connectivity index (χ4n) is 7.75. The molecule has 7 rings (SSSR count). The number of likely N-dealkylation sites (N-methyl/N-ethyl adjacent to an activating group) is 1. The van der Waals surface area contributed by atoms with Gasteiger partial charge in [0.1, 0.15) is 15.3 Å². The van der Waals surface area contributed by atoms with Crippen molar-refractivity contribution >= 4 is 53.5 Å². The van der Waals surface area contributed by atoms with E-state index in [2.05, 4.69) is 90.5 Å². The number of nitrogens with zero attached hydrogens (tertiary/aromatic N) is 6. The molecule has 0 bridgehead atoms. The first-order chi connectivity index (χ1) is 21.3. The van der Waals surface area contributed by atoms with Gasteiger partial charge in [-0.05, 0) is 113 Å². The lowest BCUT2D eigenvalue weighted by molar-refractivity contribution is -0.128. The van der Waals surface area contributed by atoms with Crippen LogP contribution in [0.25, 0.3) is 22.6 Å². The predicted molar refractivity (Wildman–Crippen MR) is 186 cm³/mol. The highest BCUT2D eigenvalue weighted by molar-refractivity contribution is 14.1. The summed E-state index contributed by atoms with van der Waals surface area (Å²) in [7, 11) is 0.303. The van der Waals surface area contributed by atoms with Gasteiger partial charge in [-0.15, -0.1) is 0 Å². The van der Waals surface area contributed by atoms with Crippen molar-refractivity contribution < 1.29 is 13.7 Å². The fraction of sp³-hybridized carbons (Fsp3) is 0.727. The molecule has 3 aliphatic carbocycles. The molecular weight excluding hydrogens is 697 g/mol. The first kappa shape index (κ1) is 31.7. The molecule has 12 heteroatoms. The highest BCUT2D eigenvalue weighted by atomic mass is 127. The molecule has 244 valence electrons. The van der Waals surface area contributed by atoms with Gasteiger partial charge in [0.15, 0.2) is 31.2 Å². The molecule has 4 heterocycles. The Morgan fingerprint density at radius 2 is 1.91 bits per heavy atom. The number of Topliss-reactive ketones (excluding diaryl/α,β-unsaturated/α-hetero) is 1. The van der Waals surface area contributed by atoms with E-state index in [1.165, 1.54) is 6.42 Å². The molecule has 1 aliphatic heterocycles. The summed E-state index contributed by atoms with van der Waals surface area (Å²) in [6, 6.07) is 0.711. The second-order valence-electron chi connectivity index (χ2n) is 15.6. The topological polar surface area (TPSA) is 111 Å². The second kappa shape index (κ2) is 11.4. The summed E-state index contributed by atoms with van der Waals surface area (Å²) in [5, 5.41) is 14.6. The average Bonchev–Trinajstić information content (AvgIpc) is 3.31. The standard InChI is InChI=1S/C33H48IN7O3Si/c1-19(22-13-11-17-40(22)5)41-31-25(28(34)38-41)29(35-21-18-23(21)44-45(6,7)32(2,3)4)36-30(37-31)26-20-12-10-16-33(27(20)43-39-26)15-9-8-14-24(33)42/h19,21-23H,8-18H2,1-7H3,(H,35,36,37)/t19-,21-,22-,23-,33+/m0/s1. The smallest absolute Gasteiger partial charge is 0.192 e. The maximum atomic E-state index is 13.3. The maximum absolute atomic E-state index is 13.3.